The van der Waals surface area contributed by atoms with E-state index in [0.717, 1.165) is 35.4 Å². The average Bonchev–Trinajstić information content (AvgIpc) is 3.75. The molecular weight excluding hydrogens is 590 g/mol. The van der Waals surface area contributed by atoms with Crippen LogP contribution < -0.4 is 20.3 Å². The molecule has 5 aromatic rings. The minimum Gasteiger partial charge on any atom is -0.424 e. The number of anilines is 3. The van der Waals surface area contributed by atoms with Gasteiger partial charge in [0.15, 0.2) is 5.13 Å². The van der Waals surface area contributed by atoms with Gasteiger partial charge in [0.25, 0.3) is 5.92 Å². The van der Waals surface area contributed by atoms with Crippen molar-refractivity contribution in [2.24, 2.45) is 0 Å². The number of aryl methyl sites for hydroxylation is 1. The van der Waals surface area contributed by atoms with Gasteiger partial charge in [0.1, 0.15) is 17.3 Å². The number of amides is 3. The Morgan fingerprint density at radius 1 is 1.02 bits per heavy atom. The first-order valence-corrected chi connectivity index (χ1v) is 14.4. The molecule has 2 aromatic carbocycles. The Balaban J connectivity index is 1.09. The van der Waals surface area contributed by atoms with Crippen LogP contribution in [0.25, 0.3) is 16.1 Å². The third-order valence-electron chi connectivity index (χ3n) is 6.78. The van der Waals surface area contributed by atoms with E-state index in [1.54, 1.807) is 35.4 Å². The molecule has 1 aliphatic heterocycles. The molecule has 224 valence electrons. The lowest BCUT2D eigenvalue weighted by Crippen LogP contribution is -2.23. The largest absolute Gasteiger partial charge is 0.424 e. The summed E-state index contributed by atoms with van der Waals surface area (Å²) in [6, 6.07) is 14.9. The minimum atomic E-state index is -3.20. The number of para-hydroxylation sites is 1. The van der Waals surface area contributed by atoms with Gasteiger partial charge in [-0.05, 0) is 54.8 Å². The van der Waals surface area contributed by atoms with Crippen LogP contribution in [0.4, 0.5) is 30.2 Å². The first-order valence-electron chi connectivity index (χ1n) is 13.6. The molecule has 3 aromatic heterocycles. The first-order chi connectivity index (χ1) is 21.1. The Labute approximate surface area is 254 Å². The number of urea groups is 1. The SMILES string of the molecule is Cc1ccccc1-n1nc(C(C)(F)F)cc1NC(=O)Nc1cnc(Oc2ccc(-c3cnc(N4CCCC4=O)s3)cc2)nc1. The van der Waals surface area contributed by atoms with Crippen LogP contribution in [0, 0.1) is 6.92 Å². The zero-order valence-electron chi connectivity index (χ0n) is 23.6. The third kappa shape index (κ3) is 6.24. The van der Waals surface area contributed by atoms with Gasteiger partial charge in [0.2, 0.25) is 5.91 Å². The monoisotopic (exact) mass is 616 g/mol. The summed E-state index contributed by atoms with van der Waals surface area (Å²) < 4.78 is 35.1. The Bertz CT molecular complexity index is 1820. The quantitative estimate of drug-likeness (QED) is 0.197. The van der Waals surface area contributed by atoms with Gasteiger partial charge in [-0.1, -0.05) is 29.5 Å². The van der Waals surface area contributed by atoms with Crippen molar-refractivity contribution in [2.75, 3.05) is 22.1 Å². The summed E-state index contributed by atoms with van der Waals surface area (Å²) >= 11 is 1.46. The van der Waals surface area contributed by atoms with Crippen LogP contribution in [0.1, 0.15) is 31.0 Å². The van der Waals surface area contributed by atoms with Crippen LogP contribution in [0.3, 0.4) is 0 Å². The van der Waals surface area contributed by atoms with E-state index in [9.17, 15) is 18.4 Å². The van der Waals surface area contributed by atoms with Gasteiger partial charge in [-0.2, -0.15) is 13.9 Å². The molecule has 14 heteroatoms. The number of nitrogens with one attached hydrogen (secondary N) is 2. The van der Waals surface area contributed by atoms with Crippen molar-refractivity contribution in [3.05, 3.63) is 84.4 Å². The summed E-state index contributed by atoms with van der Waals surface area (Å²) in [6.07, 6.45) is 5.87. The molecule has 0 unspecified atom stereocenters. The van der Waals surface area contributed by atoms with Crippen LogP contribution in [0.15, 0.2) is 73.2 Å². The Morgan fingerprint density at radius 2 is 1.77 bits per heavy atom. The molecule has 1 fully saturated rings. The van der Waals surface area contributed by atoms with Crippen molar-refractivity contribution in [3.8, 4) is 27.9 Å². The number of nitrogens with zero attached hydrogens (tertiary/aromatic N) is 6. The highest BCUT2D eigenvalue weighted by Gasteiger charge is 2.30. The maximum Gasteiger partial charge on any atom is 0.324 e. The average molecular weight is 617 g/mol. The summed E-state index contributed by atoms with van der Waals surface area (Å²) in [5.74, 6) is -2.54. The predicted octanol–water partition coefficient (Wildman–Crippen LogP) is 6.77. The molecule has 3 amide bonds. The van der Waals surface area contributed by atoms with Crippen LogP contribution in [0.2, 0.25) is 0 Å². The molecule has 4 heterocycles. The number of ether oxygens (including phenoxy) is 1. The van der Waals surface area contributed by atoms with E-state index >= 15 is 0 Å². The summed E-state index contributed by atoms with van der Waals surface area (Å²) in [7, 11) is 0. The third-order valence-corrected chi connectivity index (χ3v) is 7.85. The van der Waals surface area contributed by atoms with E-state index in [2.05, 4.69) is 30.7 Å². The smallest absolute Gasteiger partial charge is 0.324 e. The van der Waals surface area contributed by atoms with Crippen molar-refractivity contribution in [2.45, 2.75) is 32.6 Å². The number of hydrogen-bond donors (Lipinski definition) is 2. The van der Waals surface area contributed by atoms with Crippen molar-refractivity contribution in [1.29, 1.82) is 0 Å². The molecule has 0 aliphatic carbocycles. The molecule has 0 bridgehead atoms. The molecule has 0 spiro atoms. The maximum absolute atomic E-state index is 14.1. The highest BCUT2D eigenvalue weighted by atomic mass is 32.1. The number of rotatable bonds is 8. The van der Waals surface area contributed by atoms with Crippen LogP contribution in [-0.2, 0) is 10.7 Å². The normalized spacial score (nSPS) is 13.3. The van der Waals surface area contributed by atoms with E-state index < -0.39 is 17.6 Å². The molecule has 0 atom stereocenters. The number of thiazole rings is 1. The van der Waals surface area contributed by atoms with Gasteiger partial charge in [-0.25, -0.2) is 24.4 Å². The zero-order valence-corrected chi connectivity index (χ0v) is 24.4. The second kappa shape index (κ2) is 11.8. The summed E-state index contributed by atoms with van der Waals surface area (Å²) in [6.45, 7) is 3.25. The number of aromatic nitrogens is 5. The van der Waals surface area contributed by atoms with Gasteiger partial charge in [-0.15, -0.1) is 0 Å². The summed E-state index contributed by atoms with van der Waals surface area (Å²) in [4.78, 5) is 40.1. The minimum absolute atomic E-state index is 0.0591. The van der Waals surface area contributed by atoms with E-state index in [1.807, 2.05) is 31.2 Å². The fourth-order valence-electron chi connectivity index (χ4n) is 4.55. The van der Waals surface area contributed by atoms with Crippen molar-refractivity contribution in [1.82, 2.24) is 24.7 Å². The number of hydrogen-bond acceptors (Lipinski definition) is 8. The second-order valence-electron chi connectivity index (χ2n) is 10.1. The predicted molar refractivity (Wildman–Crippen MR) is 162 cm³/mol. The van der Waals surface area contributed by atoms with E-state index in [4.69, 9.17) is 4.74 Å². The fraction of sp³-hybridized carbons (Fsp3) is 0.200. The van der Waals surface area contributed by atoms with Crippen molar-refractivity contribution < 1.29 is 23.1 Å². The molecule has 1 aliphatic rings. The zero-order chi connectivity index (χ0) is 30.8. The van der Waals surface area contributed by atoms with Gasteiger partial charge in [-0.3, -0.25) is 15.0 Å². The molecular formula is C30H26F2N8O3S. The molecule has 44 heavy (non-hydrogen) atoms. The molecule has 1 saturated heterocycles. The van der Waals surface area contributed by atoms with Crippen LogP contribution in [-0.4, -0.2) is 43.2 Å². The molecule has 6 rings (SSSR count). The number of carbonyl (C=O) groups excluding carboxylic acids is 2. The lowest BCUT2D eigenvalue weighted by Gasteiger charge is -2.12. The van der Waals surface area contributed by atoms with Crippen LogP contribution >= 0.6 is 11.3 Å². The highest BCUT2D eigenvalue weighted by Crippen LogP contribution is 2.34. The van der Waals surface area contributed by atoms with Gasteiger partial charge in [0, 0.05) is 32.2 Å². The molecule has 0 saturated carbocycles. The summed E-state index contributed by atoms with van der Waals surface area (Å²) in [5, 5.41) is 9.89. The van der Waals surface area contributed by atoms with Crippen molar-refractivity contribution in [3.63, 3.8) is 0 Å². The lowest BCUT2D eigenvalue weighted by molar-refractivity contribution is -0.117. The maximum atomic E-state index is 14.1. The highest BCUT2D eigenvalue weighted by molar-refractivity contribution is 7.19. The Morgan fingerprint density at radius 3 is 2.45 bits per heavy atom. The molecule has 0 radical (unpaired) electrons. The van der Waals surface area contributed by atoms with E-state index in [0.29, 0.717) is 29.5 Å². The summed E-state index contributed by atoms with van der Waals surface area (Å²) in [5.41, 5.74) is 2.04. The topological polar surface area (TPSA) is 127 Å². The van der Waals surface area contributed by atoms with Crippen molar-refractivity contribution >= 4 is 39.9 Å². The van der Waals surface area contributed by atoms with Gasteiger partial charge < -0.3 is 10.1 Å². The number of carbonyl (C=O) groups is 2. The lowest BCUT2D eigenvalue weighted by atomic mass is 10.2. The first kappa shape index (κ1) is 28.9. The molecule has 11 nitrogen and oxygen atoms in total. The Kier molecular flexibility index (Phi) is 7.74. The fourth-order valence-corrected chi connectivity index (χ4v) is 5.51. The van der Waals surface area contributed by atoms with E-state index in [-0.39, 0.29) is 23.4 Å². The Hall–Kier alpha value is -5.24. The van der Waals surface area contributed by atoms with E-state index in [1.165, 1.54) is 28.4 Å². The number of benzene rings is 2. The second-order valence-corrected chi connectivity index (χ2v) is 11.1. The van der Waals surface area contributed by atoms with Gasteiger partial charge in [0.05, 0.1) is 28.6 Å². The number of halogens is 2. The molecule has 2 N–H and O–H groups in total. The van der Waals surface area contributed by atoms with Crippen LogP contribution in [0.5, 0.6) is 11.8 Å². The van der Waals surface area contributed by atoms with Gasteiger partial charge >= 0.3 is 12.0 Å². The standard InChI is InChI=1S/C30H26F2N8O3S/c1-18-6-3-4-7-22(18)40-25(14-24(38-40)30(2,31)32)37-27(42)36-20-15-33-28(34-16-20)43-21-11-9-19(10-12-21)23-17-35-29(44-23)39-13-5-8-26(39)41/h3-4,6-7,9-12,14-17H,5,8,13H2,1-2H3,(H2,36,37,42). The number of alkyl halides is 2.